The SMILES string of the molecule is Cc1ccccc1C(=O)Nc1ccsc1C(=O)O. The summed E-state index contributed by atoms with van der Waals surface area (Å²) in [6.07, 6.45) is 0. The molecule has 0 fully saturated rings. The number of rotatable bonds is 3. The largest absolute Gasteiger partial charge is 0.477 e. The van der Waals surface area contributed by atoms with Crippen LogP contribution < -0.4 is 5.32 Å². The van der Waals surface area contributed by atoms with Crippen LogP contribution in [0.5, 0.6) is 0 Å². The van der Waals surface area contributed by atoms with Gasteiger partial charge in [0.2, 0.25) is 0 Å². The number of aryl methyl sites for hydroxylation is 1. The molecule has 0 bridgehead atoms. The molecule has 2 rings (SSSR count). The molecule has 1 amide bonds. The van der Waals surface area contributed by atoms with Crippen LogP contribution in [0, 0.1) is 6.92 Å². The summed E-state index contributed by atoms with van der Waals surface area (Å²) in [5, 5.41) is 13.2. The van der Waals surface area contributed by atoms with Crippen molar-refractivity contribution in [1.82, 2.24) is 0 Å². The zero-order valence-electron chi connectivity index (χ0n) is 9.64. The van der Waals surface area contributed by atoms with Gasteiger partial charge in [-0.1, -0.05) is 18.2 Å². The van der Waals surface area contributed by atoms with Crippen molar-refractivity contribution in [3.63, 3.8) is 0 Å². The molecule has 0 radical (unpaired) electrons. The number of thiophene rings is 1. The van der Waals surface area contributed by atoms with E-state index < -0.39 is 5.97 Å². The first-order valence-electron chi connectivity index (χ1n) is 5.27. The van der Waals surface area contributed by atoms with Gasteiger partial charge in [0.15, 0.2) is 0 Å². The second-order valence-corrected chi connectivity index (χ2v) is 4.65. The van der Waals surface area contributed by atoms with Gasteiger partial charge in [0.05, 0.1) is 5.69 Å². The van der Waals surface area contributed by atoms with Crippen LogP contribution in [0.15, 0.2) is 35.7 Å². The molecule has 0 saturated heterocycles. The van der Waals surface area contributed by atoms with Gasteiger partial charge in [-0.25, -0.2) is 4.79 Å². The fraction of sp³-hybridized carbons (Fsp3) is 0.0769. The van der Waals surface area contributed by atoms with Gasteiger partial charge < -0.3 is 10.4 Å². The Morgan fingerprint density at radius 2 is 1.94 bits per heavy atom. The monoisotopic (exact) mass is 261 g/mol. The van der Waals surface area contributed by atoms with E-state index >= 15 is 0 Å². The second-order valence-electron chi connectivity index (χ2n) is 3.74. The number of anilines is 1. The minimum absolute atomic E-state index is 0.136. The number of hydrogen-bond acceptors (Lipinski definition) is 3. The normalized spacial score (nSPS) is 10.1. The van der Waals surface area contributed by atoms with Crippen LogP contribution in [0.1, 0.15) is 25.6 Å². The topological polar surface area (TPSA) is 66.4 Å². The van der Waals surface area contributed by atoms with Crippen molar-refractivity contribution >= 4 is 28.9 Å². The maximum atomic E-state index is 12.0. The quantitative estimate of drug-likeness (QED) is 0.892. The van der Waals surface area contributed by atoms with E-state index in [0.29, 0.717) is 11.3 Å². The van der Waals surface area contributed by atoms with Crippen LogP contribution in [-0.2, 0) is 0 Å². The summed E-state index contributed by atoms with van der Waals surface area (Å²) in [5.74, 6) is -1.33. The van der Waals surface area contributed by atoms with Crippen molar-refractivity contribution in [2.45, 2.75) is 6.92 Å². The van der Waals surface area contributed by atoms with Crippen molar-refractivity contribution < 1.29 is 14.7 Å². The Morgan fingerprint density at radius 3 is 2.61 bits per heavy atom. The van der Waals surface area contributed by atoms with Gasteiger partial charge in [-0.2, -0.15) is 0 Å². The zero-order chi connectivity index (χ0) is 13.1. The van der Waals surface area contributed by atoms with Gasteiger partial charge in [0.25, 0.3) is 5.91 Å². The van der Waals surface area contributed by atoms with E-state index in [9.17, 15) is 9.59 Å². The molecule has 2 aromatic rings. The Labute approximate surface area is 108 Å². The van der Waals surface area contributed by atoms with E-state index in [2.05, 4.69) is 5.32 Å². The number of aromatic carboxylic acids is 1. The Balaban J connectivity index is 2.25. The van der Waals surface area contributed by atoms with Crippen LogP contribution >= 0.6 is 11.3 Å². The number of nitrogens with one attached hydrogen (secondary N) is 1. The highest BCUT2D eigenvalue weighted by molar-refractivity contribution is 7.12. The number of carbonyl (C=O) groups excluding carboxylic acids is 1. The van der Waals surface area contributed by atoms with Crippen molar-refractivity contribution in [2.75, 3.05) is 5.32 Å². The van der Waals surface area contributed by atoms with Crippen molar-refractivity contribution in [3.8, 4) is 0 Å². The highest BCUT2D eigenvalue weighted by Gasteiger charge is 2.15. The number of carboxylic acid groups (broad SMARTS) is 1. The predicted molar refractivity (Wildman–Crippen MR) is 70.4 cm³/mol. The van der Waals surface area contributed by atoms with Crippen LogP contribution in [-0.4, -0.2) is 17.0 Å². The van der Waals surface area contributed by atoms with Crippen LogP contribution in [0.25, 0.3) is 0 Å². The molecule has 18 heavy (non-hydrogen) atoms. The molecule has 0 spiro atoms. The number of hydrogen-bond donors (Lipinski definition) is 2. The summed E-state index contributed by atoms with van der Waals surface area (Å²) >= 11 is 1.08. The molecule has 2 N–H and O–H groups in total. The fourth-order valence-corrected chi connectivity index (χ4v) is 2.28. The predicted octanol–water partition coefficient (Wildman–Crippen LogP) is 3.01. The van der Waals surface area contributed by atoms with Gasteiger partial charge in [-0.3, -0.25) is 4.79 Å². The molecule has 92 valence electrons. The van der Waals surface area contributed by atoms with Crippen molar-refractivity contribution in [3.05, 3.63) is 51.7 Å². The maximum absolute atomic E-state index is 12.0. The number of benzene rings is 1. The first-order chi connectivity index (χ1) is 8.59. The maximum Gasteiger partial charge on any atom is 0.348 e. The molecule has 0 aliphatic carbocycles. The first-order valence-corrected chi connectivity index (χ1v) is 6.15. The lowest BCUT2D eigenvalue weighted by Crippen LogP contribution is -2.14. The van der Waals surface area contributed by atoms with Gasteiger partial charge >= 0.3 is 5.97 Å². The minimum atomic E-state index is -1.04. The third-order valence-electron chi connectivity index (χ3n) is 2.50. The van der Waals surface area contributed by atoms with E-state index in [-0.39, 0.29) is 10.8 Å². The number of carboxylic acids is 1. The van der Waals surface area contributed by atoms with Gasteiger partial charge in [0, 0.05) is 5.56 Å². The summed E-state index contributed by atoms with van der Waals surface area (Å²) < 4.78 is 0. The van der Waals surface area contributed by atoms with E-state index in [0.717, 1.165) is 16.9 Å². The highest BCUT2D eigenvalue weighted by atomic mass is 32.1. The lowest BCUT2D eigenvalue weighted by molar-refractivity contribution is 0.0703. The summed E-state index contributed by atoms with van der Waals surface area (Å²) in [6, 6.07) is 8.75. The third-order valence-corrected chi connectivity index (χ3v) is 3.40. The van der Waals surface area contributed by atoms with Gasteiger partial charge in [-0.05, 0) is 30.0 Å². The highest BCUT2D eigenvalue weighted by Crippen LogP contribution is 2.23. The Hall–Kier alpha value is -2.14. The molecule has 1 heterocycles. The average Bonchev–Trinajstić information content (AvgIpc) is 2.77. The van der Waals surface area contributed by atoms with Crippen LogP contribution in [0.3, 0.4) is 0 Å². The molecule has 0 aliphatic heterocycles. The fourth-order valence-electron chi connectivity index (χ4n) is 1.59. The number of amides is 1. The summed E-state index contributed by atoms with van der Waals surface area (Å²) in [7, 11) is 0. The molecular weight excluding hydrogens is 250 g/mol. The van der Waals surface area contributed by atoms with Gasteiger partial charge in [-0.15, -0.1) is 11.3 Å². The lowest BCUT2D eigenvalue weighted by Gasteiger charge is -2.06. The second kappa shape index (κ2) is 5.01. The molecular formula is C13H11NO3S. The molecule has 0 aliphatic rings. The van der Waals surface area contributed by atoms with E-state index in [1.807, 2.05) is 19.1 Å². The van der Waals surface area contributed by atoms with E-state index in [4.69, 9.17) is 5.11 Å². The molecule has 0 unspecified atom stereocenters. The Bertz CT molecular complexity index is 604. The molecule has 1 aromatic carbocycles. The molecule has 0 saturated carbocycles. The van der Waals surface area contributed by atoms with Crippen molar-refractivity contribution in [2.24, 2.45) is 0 Å². The van der Waals surface area contributed by atoms with Crippen LogP contribution in [0.4, 0.5) is 5.69 Å². The zero-order valence-corrected chi connectivity index (χ0v) is 10.5. The summed E-state index contributed by atoms with van der Waals surface area (Å²) in [6.45, 7) is 1.83. The number of carbonyl (C=O) groups is 2. The Kier molecular flexibility index (Phi) is 3.43. The molecule has 5 heteroatoms. The van der Waals surface area contributed by atoms with E-state index in [1.165, 1.54) is 0 Å². The Morgan fingerprint density at radius 1 is 1.22 bits per heavy atom. The van der Waals surface area contributed by atoms with Gasteiger partial charge in [0.1, 0.15) is 4.88 Å². The standard InChI is InChI=1S/C13H11NO3S/c1-8-4-2-3-5-9(8)12(15)14-10-6-7-18-11(10)13(16)17/h2-7H,1H3,(H,14,15)(H,16,17). The smallest absolute Gasteiger partial charge is 0.348 e. The minimum Gasteiger partial charge on any atom is -0.477 e. The molecule has 0 atom stereocenters. The lowest BCUT2D eigenvalue weighted by atomic mass is 10.1. The van der Waals surface area contributed by atoms with E-state index in [1.54, 1.807) is 23.6 Å². The first kappa shape index (κ1) is 12.3. The van der Waals surface area contributed by atoms with Crippen LogP contribution in [0.2, 0.25) is 0 Å². The summed E-state index contributed by atoms with van der Waals surface area (Å²) in [4.78, 5) is 23.1. The third kappa shape index (κ3) is 2.41. The molecule has 1 aromatic heterocycles. The average molecular weight is 261 g/mol. The molecule has 4 nitrogen and oxygen atoms in total. The summed E-state index contributed by atoms with van der Waals surface area (Å²) in [5.41, 5.74) is 1.72. The van der Waals surface area contributed by atoms with Crippen molar-refractivity contribution in [1.29, 1.82) is 0 Å².